The first kappa shape index (κ1) is 8.82. The van der Waals surface area contributed by atoms with Gasteiger partial charge in [0.25, 0.3) is 0 Å². The maximum Gasteiger partial charge on any atom is 0.410 e. The Bertz CT molecular complexity index is 235. The van der Waals surface area contributed by atoms with Crippen LogP contribution in [0.5, 0.6) is 0 Å². The first-order chi connectivity index (χ1) is 5.41. The van der Waals surface area contributed by atoms with Crippen LogP contribution in [0.15, 0.2) is 5.10 Å². The molecule has 7 heteroatoms. The first-order valence-electron chi connectivity index (χ1n) is 3.03. The fourth-order valence-electron chi connectivity index (χ4n) is 0.765. The smallest absolute Gasteiger partial charge is 0.410 e. The van der Waals surface area contributed by atoms with Crippen LogP contribution in [0, 0.1) is 0 Å². The molecular weight excluding hydrogens is 177 g/mol. The topological polar surface area (TPSA) is 61.7 Å². The number of alkyl halides is 3. The van der Waals surface area contributed by atoms with Crippen molar-refractivity contribution in [2.75, 3.05) is 0 Å². The molecular formula is C5H5F3N2O2. The normalized spacial score (nSPS) is 23.2. The van der Waals surface area contributed by atoms with Crippen LogP contribution in [0.4, 0.5) is 13.2 Å². The standard InChI is InChI=1S/C5H5F3N2O2/c6-5(7,8)3-1-2(4(11)12)9-10-3/h3,10H,1H2,(H,11,12)/t3-/m1/s1. The lowest BCUT2D eigenvalue weighted by Crippen LogP contribution is -2.36. The highest BCUT2D eigenvalue weighted by atomic mass is 19.4. The van der Waals surface area contributed by atoms with E-state index < -0.39 is 30.3 Å². The zero-order valence-electron chi connectivity index (χ0n) is 5.72. The second-order valence-electron chi connectivity index (χ2n) is 2.29. The Balaban J connectivity index is 2.59. The monoisotopic (exact) mass is 182 g/mol. The predicted molar refractivity (Wildman–Crippen MR) is 32.7 cm³/mol. The van der Waals surface area contributed by atoms with E-state index >= 15 is 0 Å². The van der Waals surface area contributed by atoms with E-state index in [1.54, 1.807) is 5.43 Å². The summed E-state index contributed by atoms with van der Waals surface area (Å²) in [6, 6.07) is -1.86. The Labute approximate surface area is 65.1 Å². The van der Waals surface area contributed by atoms with Gasteiger partial charge in [0.2, 0.25) is 0 Å². The van der Waals surface area contributed by atoms with E-state index in [1.807, 2.05) is 0 Å². The number of nitrogens with one attached hydrogen (secondary N) is 1. The molecule has 1 atom stereocenters. The molecule has 0 saturated carbocycles. The average molecular weight is 182 g/mol. The van der Waals surface area contributed by atoms with Gasteiger partial charge in [0.1, 0.15) is 11.8 Å². The summed E-state index contributed by atoms with van der Waals surface area (Å²) in [5, 5.41) is 11.3. The minimum atomic E-state index is -4.44. The molecule has 0 bridgehead atoms. The van der Waals surface area contributed by atoms with Crippen molar-refractivity contribution in [1.82, 2.24) is 5.43 Å². The third-order valence-electron chi connectivity index (χ3n) is 1.39. The van der Waals surface area contributed by atoms with E-state index in [4.69, 9.17) is 5.11 Å². The SMILES string of the molecule is O=C(O)C1=NN[C@@H](C(F)(F)F)C1. The van der Waals surface area contributed by atoms with Gasteiger partial charge in [0.15, 0.2) is 0 Å². The zero-order valence-corrected chi connectivity index (χ0v) is 5.72. The van der Waals surface area contributed by atoms with E-state index in [9.17, 15) is 18.0 Å². The van der Waals surface area contributed by atoms with Crippen LogP contribution in [0.1, 0.15) is 6.42 Å². The molecule has 0 radical (unpaired) electrons. The highest BCUT2D eigenvalue weighted by Gasteiger charge is 2.44. The van der Waals surface area contributed by atoms with Crippen molar-refractivity contribution >= 4 is 11.7 Å². The molecule has 68 valence electrons. The number of rotatable bonds is 1. The molecule has 1 aliphatic rings. The van der Waals surface area contributed by atoms with Crippen LogP contribution in [-0.4, -0.2) is 29.0 Å². The molecule has 1 heterocycles. The number of carboxylic acids is 1. The molecule has 1 rings (SSSR count). The van der Waals surface area contributed by atoms with Crippen molar-refractivity contribution in [2.45, 2.75) is 18.6 Å². The van der Waals surface area contributed by atoms with Gasteiger partial charge in [-0.1, -0.05) is 0 Å². The summed E-state index contributed by atoms with van der Waals surface area (Å²) < 4.78 is 35.6. The number of halogens is 3. The van der Waals surface area contributed by atoms with Gasteiger partial charge in [-0.15, -0.1) is 0 Å². The first-order valence-corrected chi connectivity index (χ1v) is 3.03. The van der Waals surface area contributed by atoms with Gasteiger partial charge in [0, 0.05) is 6.42 Å². The summed E-state index contributed by atoms with van der Waals surface area (Å²) >= 11 is 0. The predicted octanol–water partition coefficient (Wildman–Crippen LogP) is 0.351. The van der Waals surface area contributed by atoms with Crippen LogP contribution in [0.2, 0.25) is 0 Å². The summed E-state index contributed by atoms with van der Waals surface area (Å²) in [4.78, 5) is 10.1. The van der Waals surface area contributed by atoms with Crippen molar-refractivity contribution in [1.29, 1.82) is 0 Å². The summed E-state index contributed by atoms with van der Waals surface area (Å²) in [6.45, 7) is 0. The number of nitrogens with zero attached hydrogens (tertiary/aromatic N) is 1. The fourth-order valence-corrected chi connectivity index (χ4v) is 0.765. The van der Waals surface area contributed by atoms with Gasteiger partial charge in [-0.3, -0.25) is 5.43 Å². The van der Waals surface area contributed by atoms with Crippen LogP contribution >= 0.6 is 0 Å². The Morgan fingerprint density at radius 3 is 2.50 bits per heavy atom. The number of hydrogen-bond donors (Lipinski definition) is 2. The lowest BCUT2D eigenvalue weighted by Gasteiger charge is -2.12. The van der Waals surface area contributed by atoms with Gasteiger partial charge in [0.05, 0.1) is 0 Å². The van der Waals surface area contributed by atoms with Crippen molar-refractivity contribution in [3.63, 3.8) is 0 Å². The van der Waals surface area contributed by atoms with E-state index in [0.29, 0.717) is 0 Å². The van der Waals surface area contributed by atoms with Crippen molar-refractivity contribution in [3.05, 3.63) is 0 Å². The lowest BCUT2D eigenvalue weighted by atomic mass is 10.1. The number of aliphatic carboxylic acids is 1. The van der Waals surface area contributed by atoms with Crippen LogP contribution < -0.4 is 5.43 Å². The average Bonchev–Trinajstić information content (AvgIpc) is 2.30. The molecule has 1 aliphatic heterocycles. The summed E-state index contributed by atoms with van der Waals surface area (Å²) in [5.41, 5.74) is 1.22. The molecule has 0 aromatic heterocycles. The molecule has 0 saturated heterocycles. The van der Waals surface area contributed by atoms with E-state index in [-0.39, 0.29) is 0 Å². The zero-order chi connectivity index (χ0) is 9.35. The molecule has 2 N–H and O–H groups in total. The molecule has 0 aromatic carbocycles. The highest BCUT2D eigenvalue weighted by Crippen LogP contribution is 2.25. The van der Waals surface area contributed by atoms with Crippen molar-refractivity contribution in [3.8, 4) is 0 Å². The van der Waals surface area contributed by atoms with E-state index in [0.717, 1.165) is 0 Å². The summed E-state index contributed by atoms with van der Waals surface area (Å²) in [5.74, 6) is -1.42. The lowest BCUT2D eigenvalue weighted by molar-refractivity contribution is -0.152. The fraction of sp³-hybridized carbons (Fsp3) is 0.600. The number of carbonyl (C=O) groups is 1. The maximum absolute atomic E-state index is 11.9. The summed E-state index contributed by atoms with van der Waals surface area (Å²) in [7, 11) is 0. The molecule has 12 heavy (non-hydrogen) atoms. The van der Waals surface area contributed by atoms with Crippen LogP contribution in [0.25, 0.3) is 0 Å². The van der Waals surface area contributed by atoms with Gasteiger partial charge in [-0.25, -0.2) is 4.79 Å². The molecule has 0 aliphatic carbocycles. The van der Waals surface area contributed by atoms with Gasteiger partial charge in [-0.05, 0) is 0 Å². The minimum Gasteiger partial charge on any atom is -0.477 e. The number of carboxylic acid groups (broad SMARTS) is 1. The van der Waals surface area contributed by atoms with Gasteiger partial charge >= 0.3 is 12.1 Å². The quantitative estimate of drug-likeness (QED) is 0.615. The molecule has 0 spiro atoms. The number of hydrogen-bond acceptors (Lipinski definition) is 3. The van der Waals surface area contributed by atoms with Gasteiger partial charge < -0.3 is 5.11 Å². The van der Waals surface area contributed by atoms with Crippen molar-refractivity contribution in [2.24, 2.45) is 5.10 Å². The Kier molecular flexibility index (Phi) is 1.95. The highest BCUT2D eigenvalue weighted by molar-refractivity contribution is 6.36. The third-order valence-corrected chi connectivity index (χ3v) is 1.39. The molecule has 0 unspecified atom stereocenters. The maximum atomic E-state index is 11.9. The Hall–Kier alpha value is -1.27. The van der Waals surface area contributed by atoms with Gasteiger partial charge in [-0.2, -0.15) is 18.3 Å². The largest absolute Gasteiger partial charge is 0.477 e. The second-order valence-corrected chi connectivity index (χ2v) is 2.29. The molecule has 0 amide bonds. The number of hydrazone groups is 1. The van der Waals surface area contributed by atoms with E-state index in [1.165, 1.54) is 0 Å². The van der Waals surface area contributed by atoms with Crippen LogP contribution in [0.3, 0.4) is 0 Å². The Morgan fingerprint density at radius 2 is 2.25 bits per heavy atom. The molecule has 0 fully saturated rings. The van der Waals surface area contributed by atoms with Crippen LogP contribution in [-0.2, 0) is 4.79 Å². The third kappa shape index (κ3) is 1.66. The molecule has 0 aromatic rings. The summed E-state index contributed by atoms with van der Waals surface area (Å²) in [6.07, 6.45) is -5.06. The minimum absolute atomic E-state index is 0.489. The van der Waals surface area contributed by atoms with Crippen molar-refractivity contribution < 1.29 is 23.1 Å². The molecule has 4 nitrogen and oxygen atoms in total. The second kappa shape index (κ2) is 2.65. The van der Waals surface area contributed by atoms with E-state index in [2.05, 4.69) is 5.10 Å². The Morgan fingerprint density at radius 1 is 1.67 bits per heavy atom.